The van der Waals surface area contributed by atoms with Crippen LogP contribution in [-0.2, 0) is 0 Å². The van der Waals surface area contributed by atoms with E-state index in [1.54, 1.807) is 5.57 Å². The highest BCUT2D eigenvalue weighted by Crippen LogP contribution is 2.20. The number of allylic oxidation sites excluding steroid dienone is 2. The quantitative estimate of drug-likeness (QED) is 0.542. The van der Waals surface area contributed by atoms with Crippen molar-refractivity contribution in [3.8, 4) is 0 Å². The van der Waals surface area contributed by atoms with E-state index in [0.29, 0.717) is 0 Å². The minimum absolute atomic E-state index is 0.740. The maximum absolute atomic E-state index is 2.43. The summed E-state index contributed by atoms with van der Waals surface area (Å²) < 4.78 is 0. The summed E-state index contributed by atoms with van der Waals surface area (Å²) in [6.45, 7) is 13.8. The first-order valence-corrected chi connectivity index (χ1v) is 5.65. The molecule has 0 aromatic heterocycles. The molecule has 0 saturated heterocycles. The summed E-state index contributed by atoms with van der Waals surface area (Å²) >= 11 is 0. The molecule has 0 rings (SSSR count). The molecule has 0 radical (unpaired) electrons. The molecule has 0 heteroatoms. The van der Waals surface area contributed by atoms with E-state index >= 15 is 0 Å². The largest absolute Gasteiger partial charge is 0.0851 e. The summed E-state index contributed by atoms with van der Waals surface area (Å²) in [7, 11) is 0. The zero-order chi connectivity index (χ0) is 10.4. The van der Waals surface area contributed by atoms with E-state index in [4.69, 9.17) is 0 Å². The molecule has 0 fully saturated rings. The lowest BCUT2D eigenvalue weighted by atomic mass is 9.89. The molecule has 2 atom stereocenters. The van der Waals surface area contributed by atoms with Crippen LogP contribution in [0.15, 0.2) is 11.6 Å². The van der Waals surface area contributed by atoms with Crippen LogP contribution in [0.2, 0.25) is 0 Å². The molecule has 0 nitrogen and oxygen atoms in total. The summed E-state index contributed by atoms with van der Waals surface area (Å²) in [4.78, 5) is 0. The normalized spacial score (nSPS) is 17.6. The molecule has 0 aliphatic rings. The van der Waals surface area contributed by atoms with Crippen molar-refractivity contribution in [1.29, 1.82) is 0 Å². The molecular formula is C13H26. The summed E-state index contributed by atoms with van der Waals surface area (Å²) in [5.41, 5.74) is 1.57. The van der Waals surface area contributed by atoms with Crippen LogP contribution in [0.1, 0.15) is 54.4 Å². The number of rotatable bonds is 5. The molecule has 0 N–H and O–H groups in total. The predicted molar refractivity (Wildman–Crippen MR) is 61.8 cm³/mol. The van der Waals surface area contributed by atoms with E-state index in [9.17, 15) is 0 Å². The van der Waals surface area contributed by atoms with Crippen LogP contribution in [0.25, 0.3) is 0 Å². The van der Waals surface area contributed by atoms with Gasteiger partial charge in [-0.1, -0.05) is 52.7 Å². The van der Waals surface area contributed by atoms with E-state index in [-0.39, 0.29) is 0 Å². The second-order valence-corrected chi connectivity index (χ2v) is 4.73. The summed E-state index contributed by atoms with van der Waals surface area (Å²) in [6.07, 6.45) is 4.97. The van der Waals surface area contributed by atoms with Gasteiger partial charge in [-0.05, 0) is 31.1 Å². The van der Waals surface area contributed by atoms with E-state index in [2.05, 4.69) is 47.6 Å². The average Bonchev–Trinajstić information content (AvgIpc) is 2.11. The SMILES string of the molecule is CCC(C)CC=C(C)C(C)C(C)C. The standard InChI is InChI=1S/C13H26/c1-7-11(4)8-9-12(5)13(6)10(2)3/h9-11,13H,7-8H2,1-6H3. The van der Waals surface area contributed by atoms with E-state index in [1.807, 2.05) is 0 Å². The fourth-order valence-corrected chi connectivity index (χ4v) is 1.27. The molecule has 0 aromatic carbocycles. The van der Waals surface area contributed by atoms with Gasteiger partial charge in [-0.25, -0.2) is 0 Å². The molecule has 0 aliphatic carbocycles. The van der Waals surface area contributed by atoms with Crippen LogP contribution in [-0.4, -0.2) is 0 Å². The molecule has 0 spiro atoms. The van der Waals surface area contributed by atoms with Crippen LogP contribution < -0.4 is 0 Å². The lowest BCUT2D eigenvalue weighted by molar-refractivity contribution is 0.474. The van der Waals surface area contributed by atoms with Crippen LogP contribution in [0.4, 0.5) is 0 Å². The predicted octanol–water partition coefficient (Wildman–Crippen LogP) is 4.66. The second kappa shape index (κ2) is 6.23. The van der Waals surface area contributed by atoms with E-state index in [1.165, 1.54) is 12.8 Å². The number of hydrogen-bond donors (Lipinski definition) is 0. The van der Waals surface area contributed by atoms with Crippen molar-refractivity contribution in [2.75, 3.05) is 0 Å². The highest BCUT2D eigenvalue weighted by atomic mass is 14.1. The summed E-state index contributed by atoms with van der Waals surface area (Å²) in [5, 5.41) is 0. The van der Waals surface area contributed by atoms with Gasteiger partial charge in [0.25, 0.3) is 0 Å². The van der Waals surface area contributed by atoms with Gasteiger partial charge in [-0.2, -0.15) is 0 Å². The van der Waals surface area contributed by atoms with Crippen molar-refractivity contribution in [2.45, 2.75) is 54.4 Å². The molecule has 2 unspecified atom stereocenters. The zero-order valence-corrected chi connectivity index (χ0v) is 10.2. The maximum atomic E-state index is 2.43. The van der Waals surface area contributed by atoms with Gasteiger partial charge >= 0.3 is 0 Å². The van der Waals surface area contributed by atoms with Crippen molar-refractivity contribution in [1.82, 2.24) is 0 Å². The van der Waals surface area contributed by atoms with E-state index in [0.717, 1.165) is 17.8 Å². The Labute approximate surface area is 84.4 Å². The van der Waals surface area contributed by atoms with Gasteiger partial charge < -0.3 is 0 Å². The Bertz CT molecular complexity index is 153. The van der Waals surface area contributed by atoms with Crippen molar-refractivity contribution in [3.63, 3.8) is 0 Å². The third-order valence-corrected chi connectivity index (χ3v) is 3.26. The summed E-state index contributed by atoms with van der Waals surface area (Å²) in [5.74, 6) is 2.35. The Kier molecular flexibility index (Phi) is 6.11. The minimum Gasteiger partial charge on any atom is -0.0851 e. The first kappa shape index (κ1) is 12.7. The molecule has 0 heterocycles. The monoisotopic (exact) mass is 182 g/mol. The molecule has 13 heavy (non-hydrogen) atoms. The van der Waals surface area contributed by atoms with Crippen molar-refractivity contribution >= 4 is 0 Å². The molecule has 0 aromatic rings. The van der Waals surface area contributed by atoms with Crippen LogP contribution in [0.3, 0.4) is 0 Å². The minimum atomic E-state index is 0.740. The molecule has 78 valence electrons. The molecule has 0 aliphatic heterocycles. The lowest BCUT2D eigenvalue weighted by Crippen LogP contribution is -2.05. The van der Waals surface area contributed by atoms with Crippen molar-refractivity contribution in [2.24, 2.45) is 17.8 Å². The second-order valence-electron chi connectivity index (χ2n) is 4.73. The highest BCUT2D eigenvalue weighted by molar-refractivity contribution is 5.03. The van der Waals surface area contributed by atoms with Gasteiger partial charge in [0.15, 0.2) is 0 Å². The fraction of sp³-hybridized carbons (Fsp3) is 0.846. The van der Waals surface area contributed by atoms with Gasteiger partial charge in [0.2, 0.25) is 0 Å². The Morgan fingerprint density at radius 2 is 1.69 bits per heavy atom. The van der Waals surface area contributed by atoms with Gasteiger partial charge in [-0.3, -0.25) is 0 Å². The smallest absolute Gasteiger partial charge is 0.0211 e. The van der Waals surface area contributed by atoms with Gasteiger partial charge in [0.05, 0.1) is 0 Å². The van der Waals surface area contributed by atoms with Gasteiger partial charge in [-0.15, -0.1) is 0 Å². The van der Waals surface area contributed by atoms with Gasteiger partial charge in [0, 0.05) is 0 Å². The number of hydrogen-bond acceptors (Lipinski definition) is 0. The van der Waals surface area contributed by atoms with Gasteiger partial charge in [0.1, 0.15) is 0 Å². The lowest BCUT2D eigenvalue weighted by Gasteiger charge is -2.17. The highest BCUT2D eigenvalue weighted by Gasteiger charge is 2.08. The first-order chi connectivity index (χ1) is 5.99. The Balaban J connectivity index is 4.01. The van der Waals surface area contributed by atoms with Crippen molar-refractivity contribution < 1.29 is 0 Å². The topological polar surface area (TPSA) is 0 Å². The van der Waals surface area contributed by atoms with Crippen LogP contribution in [0.5, 0.6) is 0 Å². The third kappa shape index (κ3) is 5.13. The molecule has 0 bridgehead atoms. The Hall–Kier alpha value is -0.260. The average molecular weight is 182 g/mol. The molecular weight excluding hydrogens is 156 g/mol. The molecule has 0 amide bonds. The Morgan fingerprint density at radius 3 is 2.08 bits per heavy atom. The van der Waals surface area contributed by atoms with Crippen LogP contribution in [0, 0.1) is 17.8 Å². The first-order valence-electron chi connectivity index (χ1n) is 5.65. The van der Waals surface area contributed by atoms with Crippen LogP contribution >= 0.6 is 0 Å². The van der Waals surface area contributed by atoms with Crippen molar-refractivity contribution in [3.05, 3.63) is 11.6 Å². The molecule has 0 saturated carbocycles. The fourth-order valence-electron chi connectivity index (χ4n) is 1.27. The maximum Gasteiger partial charge on any atom is -0.0211 e. The Morgan fingerprint density at radius 1 is 1.15 bits per heavy atom. The third-order valence-electron chi connectivity index (χ3n) is 3.26. The van der Waals surface area contributed by atoms with E-state index < -0.39 is 0 Å². The summed E-state index contributed by atoms with van der Waals surface area (Å²) in [6, 6.07) is 0. The zero-order valence-electron chi connectivity index (χ0n) is 10.2.